The van der Waals surface area contributed by atoms with Gasteiger partial charge in [0, 0.05) is 0 Å². The summed E-state index contributed by atoms with van der Waals surface area (Å²) in [6.07, 6.45) is 0. The molecule has 0 spiro atoms. The van der Waals surface area contributed by atoms with Crippen molar-refractivity contribution in [3.05, 3.63) is 45.2 Å². The van der Waals surface area contributed by atoms with Crippen molar-refractivity contribution in [3.63, 3.8) is 0 Å². The zero-order chi connectivity index (χ0) is 13.4. The third-order valence-corrected chi connectivity index (χ3v) is 3.48. The van der Waals surface area contributed by atoms with E-state index in [1.54, 1.807) is 17.7 Å². The van der Waals surface area contributed by atoms with Gasteiger partial charge in [-0.25, -0.2) is 9.48 Å². The maximum atomic E-state index is 10.8. The van der Waals surface area contributed by atoms with E-state index < -0.39 is 5.97 Å². The minimum absolute atomic E-state index is 0.136. The summed E-state index contributed by atoms with van der Waals surface area (Å²) in [5.74, 6) is -1.02. The van der Waals surface area contributed by atoms with Crippen molar-refractivity contribution in [2.24, 2.45) is 0 Å². The Morgan fingerprint density at radius 2 is 2.00 bits per heavy atom. The average Bonchev–Trinajstić information content (AvgIpc) is 2.57. The van der Waals surface area contributed by atoms with Crippen LogP contribution in [0.2, 0.25) is 10.0 Å². The van der Waals surface area contributed by atoms with Crippen LogP contribution in [-0.4, -0.2) is 20.9 Å². The lowest BCUT2D eigenvalue weighted by molar-refractivity contribution is 0.0697. The fourth-order valence-corrected chi connectivity index (χ4v) is 2.05. The van der Waals surface area contributed by atoms with Crippen molar-refractivity contribution in [2.75, 3.05) is 0 Å². The number of carboxylic acids is 1. The monoisotopic (exact) mass is 284 g/mol. The predicted octanol–water partition coefficient (Wildman–Crippen LogP) is 3.49. The van der Waals surface area contributed by atoms with Gasteiger partial charge in [-0.1, -0.05) is 23.2 Å². The molecule has 4 nitrogen and oxygen atoms in total. The SMILES string of the molecule is Cc1nn(-c2ccc(C(=O)O)cc2Cl)c(C)c1Cl. The summed E-state index contributed by atoms with van der Waals surface area (Å²) in [5.41, 5.74) is 2.21. The summed E-state index contributed by atoms with van der Waals surface area (Å²) in [5, 5.41) is 14.0. The quantitative estimate of drug-likeness (QED) is 0.918. The Morgan fingerprint density at radius 1 is 1.33 bits per heavy atom. The van der Waals surface area contributed by atoms with Crippen LogP contribution in [0.25, 0.3) is 5.69 Å². The van der Waals surface area contributed by atoms with Crippen LogP contribution in [-0.2, 0) is 0 Å². The topological polar surface area (TPSA) is 55.1 Å². The minimum Gasteiger partial charge on any atom is -0.478 e. The molecule has 1 N–H and O–H groups in total. The Morgan fingerprint density at radius 3 is 2.44 bits per heavy atom. The number of rotatable bonds is 2. The normalized spacial score (nSPS) is 10.7. The number of hydrogen-bond acceptors (Lipinski definition) is 2. The van der Waals surface area contributed by atoms with E-state index in [4.69, 9.17) is 28.3 Å². The maximum absolute atomic E-state index is 10.8. The van der Waals surface area contributed by atoms with Gasteiger partial charge < -0.3 is 5.11 Å². The molecule has 2 aromatic rings. The molecule has 0 atom stereocenters. The van der Waals surface area contributed by atoms with Crippen LogP contribution in [0.5, 0.6) is 0 Å². The largest absolute Gasteiger partial charge is 0.478 e. The van der Waals surface area contributed by atoms with E-state index in [-0.39, 0.29) is 5.56 Å². The van der Waals surface area contributed by atoms with Crippen molar-refractivity contribution in [2.45, 2.75) is 13.8 Å². The number of nitrogens with zero attached hydrogens (tertiary/aromatic N) is 2. The molecule has 94 valence electrons. The fourth-order valence-electron chi connectivity index (χ4n) is 1.67. The number of benzene rings is 1. The van der Waals surface area contributed by atoms with Crippen molar-refractivity contribution >= 4 is 29.2 Å². The molecule has 0 aliphatic carbocycles. The zero-order valence-corrected chi connectivity index (χ0v) is 11.2. The van der Waals surface area contributed by atoms with Crippen molar-refractivity contribution < 1.29 is 9.90 Å². The van der Waals surface area contributed by atoms with Gasteiger partial charge in [0.05, 0.1) is 32.7 Å². The first kappa shape index (κ1) is 12.9. The van der Waals surface area contributed by atoms with E-state index in [9.17, 15) is 4.79 Å². The summed E-state index contributed by atoms with van der Waals surface area (Å²) >= 11 is 12.1. The van der Waals surface area contributed by atoms with Gasteiger partial charge in [0.15, 0.2) is 0 Å². The van der Waals surface area contributed by atoms with Crippen LogP contribution in [0.15, 0.2) is 18.2 Å². The molecule has 1 aromatic carbocycles. The Bertz CT molecular complexity index is 635. The molecule has 0 saturated heterocycles. The Labute approximate surface area is 114 Å². The van der Waals surface area contributed by atoms with E-state index in [0.29, 0.717) is 21.4 Å². The highest BCUT2D eigenvalue weighted by molar-refractivity contribution is 6.33. The van der Waals surface area contributed by atoms with E-state index in [0.717, 1.165) is 5.69 Å². The Balaban J connectivity index is 2.58. The first-order chi connectivity index (χ1) is 8.41. The van der Waals surface area contributed by atoms with Crippen molar-refractivity contribution in [1.29, 1.82) is 0 Å². The van der Waals surface area contributed by atoms with Crippen molar-refractivity contribution in [3.8, 4) is 5.69 Å². The lowest BCUT2D eigenvalue weighted by Gasteiger charge is -2.07. The molecule has 0 fully saturated rings. The molecule has 2 rings (SSSR count). The molecule has 0 radical (unpaired) electrons. The number of aromatic nitrogens is 2. The summed E-state index contributed by atoms with van der Waals surface area (Å²) in [7, 11) is 0. The Hall–Kier alpha value is -1.52. The van der Waals surface area contributed by atoms with Crippen LogP contribution in [0.3, 0.4) is 0 Å². The highest BCUT2D eigenvalue weighted by atomic mass is 35.5. The molecule has 18 heavy (non-hydrogen) atoms. The Kier molecular flexibility index (Phi) is 3.32. The fraction of sp³-hybridized carbons (Fsp3) is 0.167. The first-order valence-electron chi connectivity index (χ1n) is 5.16. The van der Waals surface area contributed by atoms with Crippen LogP contribution < -0.4 is 0 Å². The lowest BCUT2D eigenvalue weighted by Crippen LogP contribution is -2.02. The second kappa shape index (κ2) is 4.63. The van der Waals surface area contributed by atoms with E-state index >= 15 is 0 Å². The summed E-state index contributed by atoms with van der Waals surface area (Å²) < 4.78 is 1.60. The third kappa shape index (κ3) is 2.09. The van der Waals surface area contributed by atoms with Gasteiger partial charge in [0.1, 0.15) is 0 Å². The van der Waals surface area contributed by atoms with E-state index in [1.807, 2.05) is 6.92 Å². The lowest BCUT2D eigenvalue weighted by atomic mass is 10.2. The number of halogens is 2. The highest BCUT2D eigenvalue weighted by Crippen LogP contribution is 2.27. The molecule has 1 aromatic heterocycles. The molecule has 0 aliphatic rings. The summed E-state index contributed by atoms with van der Waals surface area (Å²) in [6, 6.07) is 4.49. The van der Waals surface area contributed by atoms with Crippen LogP contribution in [0.4, 0.5) is 0 Å². The summed E-state index contributed by atoms with van der Waals surface area (Å²) in [6.45, 7) is 3.62. The minimum atomic E-state index is -1.02. The second-order valence-electron chi connectivity index (χ2n) is 3.87. The average molecular weight is 285 g/mol. The molecule has 0 amide bonds. The molecule has 0 unspecified atom stereocenters. The molecular formula is C12H10Cl2N2O2. The second-order valence-corrected chi connectivity index (χ2v) is 4.65. The van der Waals surface area contributed by atoms with Gasteiger partial charge in [-0.15, -0.1) is 0 Å². The smallest absolute Gasteiger partial charge is 0.335 e. The predicted molar refractivity (Wildman–Crippen MR) is 70.0 cm³/mol. The molecular weight excluding hydrogens is 275 g/mol. The van der Waals surface area contributed by atoms with E-state index in [2.05, 4.69) is 5.10 Å². The highest BCUT2D eigenvalue weighted by Gasteiger charge is 2.14. The van der Waals surface area contributed by atoms with Crippen LogP contribution in [0.1, 0.15) is 21.7 Å². The van der Waals surface area contributed by atoms with E-state index in [1.165, 1.54) is 12.1 Å². The number of aromatic carboxylic acids is 1. The molecule has 0 bridgehead atoms. The van der Waals surface area contributed by atoms with Gasteiger partial charge in [-0.3, -0.25) is 0 Å². The number of aryl methyl sites for hydroxylation is 1. The molecule has 6 heteroatoms. The zero-order valence-electron chi connectivity index (χ0n) is 9.74. The van der Waals surface area contributed by atoms with Crippen molar-refractivity contribution in [1.82, 2.24) is 9.78 Å². The van der Waals surface area contributed by atoms with Gasteiger partial charge in [-0.2, -0.15) is 5.10 Å². The van der Waals surface area contributed by atoms with Gasteiger partial charge in [0.25, 0.3) is 0 Å². The molecule has 0 aliphatic heterocycles. The van der Waals surface area contributed by atoms with Gasteiger partial charge >= 0.3 is 5.97 Å². The van der Waals surface area contributed by atoms with Gasteiger partial charge in [-0.05, 0) is 32.0 Å². The number of hydrogen-bond donors (Lipinski definition) is 1. The summed E-state index contributed by atoms with van der Waals surface area (Å²) in [4.78, 5) is 10.8. The number of carboxylic acid groups (broad SMARTS) is 1. The third-order valence-electron chi connectivity index (χ3n) is 2.63. The maximum Gasteiger partial charge on any atom is 0.335 e. The molecule has 0 saturated carbocycles. The number of carbonyl (C=O) groups is 1. The standard InChI is InChI=1S/C12H10Cl2N2O2/c1-6-11(14)7(2)16(15-6)10-4-3-8(12(17)18)5-9(10)13/h3-5H,1-2H3,(H,17,18). The van der Waals surface area contributed by atoms with Crippen LogP contribution >= 0.6 is 23.2 Å². The van der Waals surface area contributed by atoms with Gasteiger partial charge in [0.2, 0.25) is 0 Å². The molecule has 1 heterocycles. The van der Waals surface area contributed by atoms with Crippen LogP contribution in [0, 0.1) is 13.8 Å². The first-order valence-corrected chi connectivity index (χ1v) is 5.92.